The normalized spacial score (nSPS) is 17.2. The number of pyridine rings is 1. The monoisotopic (exact) mass is 482 g/mol. The van der Waals surface area contributed by atoms with Gasteiger partial charge >= 0.3 is 0 Å². The van der Waals surface area contributed by atoms with Gasteiger partial charge in [-0.3, -0.25) is 4.57 Å². The van der Waals surface area contributed by atoms with Gasteiger partial charge in [0.15, 0.2) is 0 Å². The van der Waals surface area contributed by atoms with E-state index in [1.54, 1.807) is 0 Å². The lowest BCUT2D eigenvalue weighted by Crippen LogP contribution is -2.19. The quantitative estimate of drug-likeness (QED) is 0.228. The Bertz CT molecular complexity index is 1890. The zero-order valence-electron chi connectivity index (χ0n) is 20.5. The van der Waals surface area contributed by atoms with Gasteiger partial charge in [-0.15, -0.1) is 11.3 Å². The van der Waals surface area contributed by atoms with Crippen LogP contribution in [0.3, 0.4) is 0 Å². The summed E-state index contributed by atoms with van der Waals surface area (Å²) >= 11 is 1.92. The van der Waals surface area contributed by atoms with E-state index in [-0.39, 0.29) is 5.41 Å². The van der Waals surface area contributed by atoms with Crippen molar-refractivity contribution in [3.63, 3.8) is 0 Å². The number of hydrogen-bond donors (Lipinski definition) is 0. The van der Waals surface area contributed by atoms with Gasteiger partial charge in [-0.1, -0.05) is 87.2 Å². The molecule has 174 valence electrons. The highest BCUT2D eigenvalue weighted by atomic mass is 32.1. The van der Waals surface area contributed by atoms with Crippen molar-refractivity contribution in [1.82, 2.24) is 9.55 Å². The van der Waals surface area contributed by atoms with E-state index < -0.39 is 0 Å². The molecule has 0 atom stereocenters. The molecule has 7 rings (SSSR count). The maximum atomic E-state index is 4.83. The Morgan fingerprint density at radius 2 is 1.67 bits per heavy atom. The topological polar surface area (TPSA) is 17.8 Å². The molecule has 6 aromatic rings. The maximum Gasteiger partial charge on any atom is 0.137 e. The molecule has 0 bridgehead atoms. The van der Waals surface area contributed by atoms with Crippen LogP contribution in [-0.2, 0) is 5.41 Å². The first-order valence-corrected chi connectivity index (χ1v) is 13.2. The van der Waals surface area contributed by atoms with Crippen LogP contribution in [0.25, 0.3) is 53.4 Å². The maximum absolute atomic E-state index is 4.83. The minimum atomic E-state index is -0.0838. The Kier molecular flexibility index (Phi) is 4.61. The molecule has 0 spiro atoms. The van der Waals surface area contributed by atoms with Crippen LogP contribution < -0.4 is 0 Å². The van der Waals surface area contributed by atoms with Crippen LogP contribution >= 0.6 is 11.3 Å². The fourth-order valence-corrected chi connectivity index (χ4v) is 7.35. The number of para-hydroxylation sites is 1. The van der Waals surface area contributed by atoms with Gasteiger partial charge in [0.2, 0.25) is 0 Å². The molecule has 0 saturated heterocycles. The van der Waals surface area contributed by atoms with Crippen LogP contribution in [0.1, 0.15) is 31.4 Å². The highest BCUT2D eigenvalue weighted by Gasteiger charge is 2.32. The molecule has 2 nitrogen and oxygen atoms in total. The molecular weight excluding hydrogens is 456 g/mol. The van der Waals surface area contributed by atoms with Gasteiger partial charge in [0.25, 0.3) is 0 Å². The lowest BCUT2D eigenvalue weighted by atomic mass is 9.76. The number of rotatable bonds is 1. The first-order chi connectivity index (χ1) is 17.6. The van der Waals surface area contributed by atoms with E-state index in [0.717, 1.165) is 17.8 Å². The smallest absolute Gasteiger partial charge is 0.137 e. The van der Waals surface area contributed by atoms with Crippen molar-refractivity contribution >= 4 is 58.9 Å². The first-order valence-electron chi connectivity index (χ1n) is 12.4. The van der Waals surface area contributed by atoms with Crippen molar-refractivity contribution in [2.75, 3.05) is 0 Å². The predicted octanol–water partition coefficient (Wildman–Crippen LogP) is 9.35. The summed E-state index contributed by atoms with van der Waals surface area (Å²) < 4.78 is 5.05. The molecule has 0 N–H and O–H groups in total. The summed E-state index contributed by atoms with van der Waals surface area (Å²) in [6, 6.07) is 23.8. The number of fused-ring (bicyclic) bond motifs is 10. The molecule has 3 aromatic carbocycles. The van der Waals surface area contributed by atoms with Crippen LogP contribution in [0.4, 0.5) is 0 Å². The molecule has 3 heteroatoms. The zero-order valence-corrected chi connectivity index (χ0v) is 21.3. The van der Waals surface area contributed by atoms with Crippen molar-refractivity contribution in [2.24, 2.45) is 0 Å². The number of allylic oxidation sites excluding steroid dienone is 5. The predicted molar refractivity (Wildman–Crippen MR) is 156 cm³/mol. The Balaban J connectivity index is 1.86. The summed E-state index contributed by atoms with van der Waals surface area (Å²) in [4.78, 5) is 4.83. The second kappa shape index (κ2) is 7.78. The fourth-order valence-electron chi connectivity index (χ4n) is 5.91. The van der Waals surface area contributed by atoms with Gasteiger partial charge in [-0.2, -0.15) is 0 Å². The molecule has 0 radical (unpaired) electrons. The molecule has 36 heavy (non-hydrogen) atoms. The lowest BCUT2D eigenvalue weighted by Gasteiger charge is -2.29. The molecule has 0 amide bonds. The van der Waals surface area contributed by atoms with E-state index in [1.165, 1.54) is 53.1 Å². The molecule has 1 aliphatic carbocycles. The average molecular weight is 483 g/mol. The van der Waals surface area contributed by atoms with Crippen molar-refractivity contribution in [3.8, 4) is 5.82 Å². The fraction of sp³-hybridized carbons (Fsp3) is 0.121. The third kappa shape index (κ3) is 2.93. The highest BCUT2D eigenvalue weighted by Crippen LogP contribution is 2.52. The van der Waals surface area contributed by atoms with Crippen LogP contribution in [0.15, 0.2) is 104 Å². The minimum absolute atomic E-state index is 0.0838. The summed E-state index contributed by atoms with van der Waals surface area (Å²) in [5.41, 5.74) is 5.94. The van der Waals surface area contributed by atoms with Gasteiger partial charge in [-0.05, 0) is 47.2 Å². The number of thiophene rings is 1. The minimum Gasteiger partial charge on any atom is -0.293 e. The standard InChI is InChI=1S/C33H26N2S/c1-21-13-5-4-11-19-33(2,3)30-27(21)31-28(29-23-15-7-9-17-25(23)36-32(29)30)22-14-6-8-16-24(22)35(31)26-18-10-12-20-34-26/h4-18,20H,1,19H2,2-3H3/b11-4-,13-5-. The van der Waals surface area contributed by atoms with Gasteiger partial charge < -0.3 is 0 Å². The van der Waals surface area contributed by atoms with Crippen LogP contribution in [0.5, 0.6) is 0 Å². The molecule has 0 saturated carbocycles. The number of aromatic nitrogens is 2. The number of nitrogens with zero attached hydrogens (tertiary/aromatic N) is 2. The highest BCUT2D eigenvalue weighted by molar-refractivity contribution is 7.26. The van der Waals surface area contributed by atoms with Crippen molar-refractivity contribution in [2.45, 2.75) is 25.7 Å². The van der Waals surface area contributed by atoms with E-state index in [9.17, 15) is 0 Å². The molecule has 1 aliphatic rings. The van der Waals surface area contributed by atoms with Crippen LogP contribution in [-0.4, -0.2) is 9.55 Å². The average Bonchev–Trinajstić information content (AvgIpc) is 3.44. The molecule has 0 fully saturated rings. The Labute approximate surface area is 214 Å². The van der Waals surface area contributed by atoms with E-state index in [1.807, 2.05) is 23.6 Å². The number of benzene rings is 3. The Hall–Kier alpha value is -3.95. The van der Waals surface area contributed by atoms with Gasteiger partial charge in [-0.25, -0.2) is 4.98 Å². The van der Waals surface area contributed by atoms with Crippen molar-refractivity contribution in [3.05, 3.63) is 115 Å². The summed E-state index contributed by atoms with van der Waals surface area (Å²) in [7, 11) is 0. The Morgan fingerprint density at radius 3 is 2.50 bits per heavy atom. The summed E-state index contributed by atoms with van der Waals surface area (Å²) in [6.07, 6.45) is 11.6. The van der Waals surface area contributed by atoms with E-state index in [4.69, 9.17) is 4.98 Å². The van der Waals surface area contributed by atoms with E-state index in [2.05, 4.69) is 110 Å². The lowest BCUT2D eigenvalue weighted by molar-refractivity contribution is 0.539. The summed E-state index contributed by atoms with van der Waals surface area (Å²) in [5.74, 6) is 0.928. The Morgan fingerprint density at radius 1 is 0.889 bits per heavy atom. The largest absolute Gasteiger partial charge is 0.293 e. The van der Waals surface area contributed by atoms with Gasteiger partial charge in [0.05, 0.1) is 11.0 Å². The van der Waals surface area contributed by atoms with E-state index >= 15 is 0 Å². The molecular formula is C33H26N2S. The van der Waals surface area contributed by atoms with Crippen LogP contribution in [0.2, 0.25) is 0 Å². The molecule has 3 heterocycles. The molecule has 3 aromatic heterocycles. The van der Waals surface area contributed by atoms with E-state index in [0.29, 0.717) is 0 Å². The molecule has 0 aliphatic heterocycles. The SMILES string of the molecule is C=C1/C=C\C=C/CC(C)(C)c2c1c1c(c3ccccc3n1-c1ccccn1)c1c2sc2ccccc21. The summed E-state index contributed by atoms with van der Waals surface area (Å²) in [5, 5.41) is 5.21. The second-order valence-electron chi connectivity index (χ2n) is 10.2. The first kappa shape index (κ1) is 21.3. The van der Waals surface area contributed by atoms with Gasteiger partial charge in [0.1, 0.15) is 5.82 Å². The zero-order chi connectivity index (χ0) is 24.4. The van der Waals surface area contributed by atoms with Crippen molar-refractivity contribution < 1.29 is 0 Å². The third-order valence-electron chi connectivity index (χ3n) is 7.48. The van der Waals surface area contributed by atoms with Gasteiger partial charge in [0, 0.05) is 42.7 Å². The third-order valence-corrected chi connectivity index (χ3v) is 8.67. The van der Waals surface area contributed by atoms with Crippen molar-refractivity contribution in [1.29, 1.82) is 0 Å². The van der Waals surface area contributed by atoms with Crippen LogP contribution in [0, 0.1) is 0 Å². The molecule has 0 unspecified atom stereocenters. The summed E-state index contributed by atoms with van der Waals surface area (Å²) in [6.45, 7) is 9.38. The second-order valence-corrected chi connectivity index (χ2v) is 11.3. The number of hydrogen-bond acceptors (Lipinski definition) is 2.